The summed E-state index contributed by atoms with van der Waals surface area (Å²) in [5.41, 5.74) is 0. The van der Waals surface area contributed by atoms with Gasteiger partial charge in [0, 0.05) is 0 Å². The third-order valence-electron chi connectivity index (χ3n) is 0.583. The average Bonchev–Trinajstić information content (AvgIpc) is 1.64. The largest absolute Gasteiger partial charge is 0.291 e. The van der Waals surface area contributed by atoms with Gasteiger partial charge < -0.3 is 0 Å². The number of hydrogen-bond donors (Lipinski definition) is 0. The Balaban J connectivity index is 4.14. The fourth-order valence-electron chi connectivity index (χ4n) is 0.0758. The van der Waals surface area contributed by atoms with E-state index >= 15 is 0 Å². The van der Waals surface area contributed by atoms with Crippen LogP contribution in [0.15, 0.2) is 0 Å². The van der Waals surface area contributed by atoms with Crippen molar-refractivity contribution in [3.63, 3.8) is 0 Å². The van der Waals surface area contributed by atoms with Gasteiger partial charge in [0.15, 0.2) is 2.14 Å². The van der Waals surface area contributed by atoms with E-state index in [0.29, 0.717) is 0 Å². The molecule has 0 atom stereocenters. The number of alkyl halides is 6. The second-order valence-electron chi connectivity index (χ2n) is 1.34. The van der Waals surface area contributed by atoms with E-state index in [4.69, 9.17) is 0 Å². The van der Waals surface area contributed by atoms with Gasteiger partial charge in [0.05, 0.1) is 5.33 Å². The van der Waals surface area contributed by atoms with Crippen molar-refractivity contribution in [3.05, 3.63) is 0 Å². The van der Waals surface area contributed by atoms with Crippen molar-refractivity contribution in [2.45, 2.75) is 8.07 Å². The van der Waals surface area contributed by atoms with Crippen molar-refractivity contribution in [3.8, 4) is 0 Å². The van der Waals surface area contributed by atoms with E-state index in [1.54, 1.807) is 0 Å². The summed E-state index contributed by atoms with van der Waals surface area (Å²) in [5.74, 6) is -2.85. The van der Waals surface area contributed by atoms with E-state index in [1.165, 1.54) is 0 Å². The monoisotopic (exact) mass is 392 g/mol. The molecule has 0 spiro atoms. The smallest absolute Gasteiger partial charge is 0.202 e. The number of hydrogen-bond acceptors (Lipinski definition) is 0. The molecule has 0 aliphatic carbocycles. The molecular weight excluding hydrogens is 394 g/mol. The van der Waals surface area contributed by atoms with Crippen molar-refractivity contribution in [2.24, 2.45) is 0 Å². The van der Waals surface area contributed by atoms with Crippen LogP contribution >= 0.6 is 63.7 Å². The summed E-state index contributed by atoms with van der Waals surface area (Å²) < 4.78 is 23.4. The molecule has 0 aliphatic heterocycles. The van der Waals surface area contributed by atoms with Crippen molar-refractivity contribution in [1.82, 2.24) is 0 Å². The zero-order valence-electron chi connectivity index (χ0n) is 3.97. The maximum absolute atomic E-state index is 12.5. The quantitative estimate of drug-likeness (QED) is 0.592. The van der Waals surface area contributed by atoms with Gasteiger partial charge in [0.1, 0.15) is 0 Å². The van der Waals surface area contributed by atoms with Crippen molar-refractivity contribution in [1.29, 1.82) is 0 Å². The van der Waals surface area contributed by atoms with Gasteiger partial charge in [-0.2, -0.15) is 0 Å². The zero-order chi connectivity index (χ0) is 7.71. The van der Waals surface area contributed by atoms with E-state index in [-0.39, 0.29) is 0 Å². The second-order valence-corrected chi connectivity index (χ2v) is 8.66. The minimum absolute atomic E-state index is 0.401. The van der Waals surface area contributed by atoms with Crippen molar-refractivity contribution < 1.29 is 8.78 Å². The molecule has 0 heterocycles. The van der Waals surface area contributed by atoms with E-state index in [9.17, 15) is 8.78 Å². The third kappa shape index (κ3) is 3.12. The Morgan fingerprint density at radius 2 is 1.44 bits per heavy atom. The molecule has 0 amide bonds. The van der Waals surface area contributed by atoms with Crippen LogP contribution in [0.25, 0.3) is 0 Å². The standard InChI is InChI=1S/C3H2Br4F2/c4-1-2(8,9)3(5,6)7/h1H2. The molecule has 0 aromatic rings. The first-order valence-electron chi connectivity index (χ1n) is 1.82. The lowest BCUT2D eigenvalue weighted by Gasteiger charge is -2.22. The van der Waals surface area contributed by atoms with Gasteiger partial charge in [-0.1, -0.05) is 63.7 Å². The lowest BCUT2D eigenvalue weighted by Crippen LogP contribution is -2.33. The molecule has 0 aromatic carbocycles. The second kappa shape index (κ2) is 3.45. The Labute approximate surface area is 85.3 Å². The summed E-state index contributed by atoms with van der Waals surface area (Å²) in [4.78, 5) is 0. The Bertz CT molecular complexity index is 96.5. The molecule has 6 heteroatoms. The van der Waals surface area contributed by atoms with Crippen LogP contribution in [0.2, 0.25) is 0 Å². The van der Waals surface area contributed by atoms with E-state index in [1.807, 2.05) is 0 Å². The van der Waals surface area contributed by atoms with Gasteiger partial charge in [0.25, 0.3) is 5.92 Å². The summed E-state index contributed by atoms with van der Waals surface area (Å²) in [6.07, 6.45) is 0. The SMILES string of the molecule is FC(F)(CBr)C(Br)(Br)Br. The summed E-state index contributed by atoms with van der Waals surface area (Å²) in [6.45, 7) is 0. The van der Waals surface area contributed by atoms with E-state index in [2.05, 4.69) is 63.7 Å². The Morgan fingerprint density at radius 1 is 1.11 bits per heavy atom. The Morgan fingerprint density at radius 3 is 1.44 bits per heavy atom. The summed E-state index contributed by atoms with van der Waals surface area (Å²) in [6, 6.07) is 0. The van der Waals surface area contributed by atoms with Crippen LogP contribution in [0.5, 0.6) is 0 Å². The van der Waals surface area contributed by atoms with Gasteiger partial charge in [-0.25, -0.2) is 8.78 Å². The molecule has 56 valence electrons. The Hall–Kier alpha value is 1.78. The summed E-state index contributed by atoms with van der Waals surface area (Å²) >= 11 is 10.8. The molecule has 0 N–H and O–H groups in total. The highest BCUT2D eigenvalue weighted by molar-refractivity contribution is 9.39. The highest BCUT2D eigenvalue weighted by Crippen LogP contribution is 2.47. The molecule has 0 rings (SSSR count). The maximum Gasteiger partial charge on any atom is 0.291 e. The van der Waals surface area contributed by atoms with Crippen LogP contribution < -0.4 is 0 Å². The highest BCUT2D eigenvalue weighted by Gasteiger charge is 2.47. The Kier molecular flexibility index (Phi) is 4.13. The number of halogens is 6. The predicted molar refractivity (Wildman–Crippen MR) is 48.3 cm³/mol. The van der Waals surface area contributed by atoms with Crippen molar-refractivity contribution in [2.75, 3.05) is 5.33 Å². The average molecular weight is 396 g/mol. The molecule has 0 aromatic heterocycles. The maximum atomic E-state index is 12.5. The summed E-state index contributed by atoms with van der Waals surface area (Å²) in [7, 11) is 0. The van der Waals surface area contributed by atoms with E-state index in [0.717, 1.165) is 0 Å². The lowest BCUT2D eigenvalue weighted by atomic mass is 10.5. The minimum Gasteiger partial charge on any atom is -0.202 e. The van der Waals surface area contributed by atoms with Crippen LogP contribution in [-0.2, 0) is 0 Å². The molecule has 0 nitrogen and oxygen atoms in total. The van der Waals surface area contributed by atoms with Crippen LogP contribution in [0, 0.1) is 0 Å². The fraction of sp³-hybridized carbons (Fsp3) is 1.00. The molecule has 0 bridgehead atoms. The molecule has 0 saturated carbocycles. The van der Waals surface area contributed by atoms with Gasteiger partial charge in [0.2, 0.25) is 0 Å². The highest BCUT2D eigenvalue weighted by atomic mass is 80.0. The topological polar surface area (TPSA) is 0 Å². The fourth-order valence-corrected chi connectivity index (χ4v) is 2.05. The van der Waals surface area contributed by atoms with Crippen LogP contribution in [-0.4, -0.2) is 13.4 Å². The van der Waals surface area contributed by atoms with E-state index < -0.39 is 13.4 Å². The molecule has 0 radical (unpaired) electrons. The van der Waals surface area contributed by atoms with Crippen molar-refractivity contribution >= 4 is 63.7 Å². The minimum atomic E-state index is -2.85. The first-order valence-corrected chi connectivity index (χ1v) is 5.32. The normalized spacial score (nSPS) is 14.0. The molecule has 0 fully saturated rings. The molecule has 0 aliphatic rings. The molecule has 9 heavy (non-hydrogen) atoms. The van der Waals surface area contributed by atoms with Gasteiger partial charge in [-0.3, -0.25) is 0 Å². The summed E-state index contributed by atoms with van der Waals surface area (Å²) in [5, 5.41) is -0.401. The van der Waals surface area contributed by atoms with Crippen LogP contribution in [0.1, 0.15) is 0 Å². The first-order chi connectivity index (χ1) is 3.81. The first kappa shape index (κ1) is 10.8. The van der Waals surface area contributed by atoms with Crippen LogP contribution in [0.4, 0.5) is 8.78 Å². The van der Waals surface area contributed by atoms with Gasteiger partial charge in [-0.15, -0.1) is 0 Å². The number of rotatable bonds is 1. The van der Waals surface area contributed by atoms with Gasteiger partial charge in [-0.05, 0) is 0 Å². The molecule has 0 unspecified atom stereocenters. The predicted octanol–water partition coefficient (Wildman–Crippen LogP) is 3.86. The molecule has 0 saturated heterocycles. The lowest BCUT2D eigenvalue weighted by molar-refractivity contribution is 0.0444. The third-order valence-corrected chi connectivity index (χ3v) is 3.03. The van der Waals surface area contributed by atoms with Gasteiger partial charge >= 0.3 is 0 Å². The zero-order valence-corrected chi connectivity index (χ0v) is 10.3. The molecular formula is C3H2Br4F2. The van der Waals surface area contributed by atoms with Crippen LogP contribution in [0.3, 0.4) is 0 Å².